The molecule has 0 spiro atoms. The molecule has 0 radical (unpaired) electrons. The molecule has 112 valence electrons. The van der Waals surface area contributed by atoms with Crippen LogP contribution in [0.2, 0.25) is 0 Å². The molecule has 1 heterocycles. The highest BCUT2D eigenvalue weighted by atomic mass is 32.1. The third-order valence-corrected chi connectivity index (χ3v) is 3.63. The second kappa shape index (κ2) is 6.85. The van der Waals surface area contributed by atoms with Crippen LogP contribution in [0.5, 0.6) is 0 Å². The molecule has 1 aromatic heterocycles. The van der Waals surface area contributed by atoms with E-state index in [2.05, 4.69) is 5.32 Å². The van der Waals surface area contributed by atoms with E-state index >= 15 is 0 Å². The predicted molar refractivity (Wildman–Crippen MR) is 78.3 cm³/mol. The number of rotatable bonds is 6. The van der Waals surface area contributed by atoms with E-state index in [1.54, 1.807) is 0 Å². The number of carbonyl (C=O) groups excluding carboxylic acids is 1. The Kier molecular flexibility index (Phi) is 5.71. The van der Waals surface area contributed by atoms with Crippen molar-refractivity contribution in [3.63, 3.8) is 0 Å². The number of hydrogen-bond donors (Lipinski definition) is 2. The summed E-state index contributed by atoms with van der Waals surface area (Å²) in [6, 6.07) is 0.893. The maximum atomic E-state index is 12.0. The second-order valence-corrected chi connectivity index (χ2v) is 6.46. The smallest absolute Gasteiger partial charge is 0.326 e. The Labute approximate surface area is 123 Å². The van der Waals surface area contributed by atoms with Gasteiger partial charge < -0.3 is 15.2 Å². The number of amides is 1. The number of thiophene rings is 1. The summed E-state index contributed by atoms with van der Waals surface area (Å²) < 4.78 is 5.49. The quantitative estimate of drug-likeness (QED) is 0.846. The Hall–Kier alpha value is -1.40. The first-order valence-electron chi connectivity index (χ1n) is 6.42. The normalized spacial score (nSPS) is 13.0. The van der Waals surface area contributed by atoms with Gasteiger partial charge in [0, 0.05) is 13.0 Å². The lowest BCUT2D eigenvalue weighted by Gasteiger charge is -2.21. The summed E-state index contributed by atoms with van der Waals surface area (Å²) in [5.74, 6) is -1.40. The molecule has 1 aromatic rings. The summed E-state index contributed by atoms with van der Waals surface area (Å²) in [4.78, 5) is 23.7. The van der Waals surface area contributed by atoms with Crippen molar-refractivity contribution >= 4 is 23.2 Å². The fourth-order valence-corrected chi connectivity index (χ4v) is 2.40. The maximum Gasteiger partial charge on any atom is 0.326 e. The van der Waals surface area contributed by atoms with Crippen LogP contribution in [0, 0.1) is 6.92 Å². The zero-order valence-corrected chi connectivity index (χ0v) is 13.0. The lowest BCUT2D eigenvalue weighted by molar-refractivity contribution is -0.140. The lowest BCUT2D eigenvalue weighted by atomic mass is 10.1. The van der Waals surface area contributed by atoms with Crippen molar-refractivity contribution in [1.82, 2.24) is 5.32 Å². The van der Waals surface area contributed by atoms with E-state index < -0.39 is 12.0 Å². The van der Waals surface area contributed by atoms with Crippen molar-refractivity contribution in [2.24, 2.45) is 0 Å². The molecule has 1 unspecified atom stereocenters. The molecule has 0 aliphatic carbocycles. The Morgan fingerprint density at radius 2 is 2.10 bits per heavy atom. The van der Waals surface area contributed by atoms with E-state index in [0.717, 1.165) is 5.56 Å². The molecule has 1 rings (SSSR count). The van der Waals surface area contributed by atoms with Crippen molar-refractivity contribution < 1.29 is 19.4 Å². The van der Waals surface area contributed by atoms with Gasteiger partial charge in [0.05, 0.1) is 10.5 Å². The van der Waals surface area contributed by atoms with Crippen LogP contribution >= 0.6 is 11.3 Å². The number of hydrogen-bond acceptors (Lipinski definition) is 4. The average Bonchev–Trinajstić information content (AvgIpc) is 2.72. The van der Waals surface area contributed by atoms with Crippen molar-refractivity contribution in [1.29, 1.82) is 0 Å². The Balaban J connectivity index is 2.58. The van der Waals surface area contributed by atoms with Gasteiger partial charge in [0.25, 0.3) is 5.91 Å². The molecule has 20 heavy (non-hydrogen) atoms. The minimum absolute atomic E-state index is 0.239. The Bertz CT molecular complexity index is 476. The van der Waals surface area contributed by atoms with E-state index in [4.69, 9.17) is 9.84 Å². The first-order chi connectivity index (χ1) is 9.20. The predicted octanol–water partition coefficient (Wildman–Crippen LogP) is 2.44. The van der Waals surface area contributed by atoms with Crippen LogP contribution in [0.3, 0.4) is 0 Å². The first-order valence-corrected chi connectivity index (χ1v) is 7.30. The van der Waals surface area contributed by atoms with Gasteiger partial charge in [0.2, 0.25) is 0 Å². The second-order valence-electron chi connectivity index (χ2n) is 5.55. The average molecular weight is 299 g/mol. The fraction of sp³-hybridized carbons (Fsp3) is 0.571. The van der Waals surface area contributed by atoms with Crippen LogP contribution in [-0.2, 0) is 9.53 Å². The van der Waals surface area contributed by atoms with Crippen molar-refractivity contribution in [3.05, 3.63) is 21.9 Å². The summed E-state index contributed by atoms with van der Waals surface area (Å²) >= 11 is 1.30. The minimum Gasteiger partial charge on any atom is -0.480 e. The van der Waals surface area contributed by atoms with Gasteiger partial charge in [0.1, 0.15) is 6.04 Å². The molecule has 0 saturated heterocycles. The van der Waals surface area contributed by atoms with Crippen LogP contribution in [0.15, 0.2) is 11.4 Å². The summed E-state index contributed by atoms with van der Waals surface area (Å²) in [5, 5.41) is 13.5. The first kappa shape index (κ1) is 16.7. The van der Waals surface area contributed by atoms with E-state index in [9.17, 15) is 9.59 Å². The van der Waals surface area contributed by atoms with Gasteiger partial charge in [0.15, 0.2) is 0 Å². The molecule has 0 aromatic carbocycles. The molecule has 0 aliphatic rings. The molecular formula is C14H21NO4S. The highest BCUT2D eigenvalue weighted by molar-refractivity contribution is 7.12. The molecule has 0 fully saturated rings. The number of ether oxygens (including phenoxy) is 1. The Morgan fingerprint density at radius 1 is 1.45 bits per heavy atom. The number of aliphatic carboxylic acids is 1. The summed E-state index contributed by atoms with van der Waals surface area (Å²) in [5.41, 5.74) is 0.528. The third-order valence-electron chi connectivity index (χ3n) is 2.61. The molecule has 5 nitrogen and oxygen atoms in total. The number of aryl methyl sites for hydroxylation is 1. The lowest BCUT2D eigenvalue weighted by Crippen LogP contribution is -2.42. The van der Waals surface area contributed by atoms with E-state index in [-0.39, 0.29) is 24.5 Å². The van der Waals surface area contributed by atoms with E-state index in [1.807, 2.05) is 39.1 Å². The standard InChI is InChI=1S/C14H21NO4S/c1-9-6-8-20-11(9)12(16)15-10(13(17)18)5-7-19-14(2,3)4/h6,8,10H,5,7H2,1-4H3,(H,15,16)(H,17,18). The van der Waals surface area contributed by atoms with Crippen molar-refractivity contribution in [3.8, 4) is 0 Å². The van der Waals surface area contributed by atoms with Gasteiger partial charge in [-0.2, -0.15) is 0 Å². The molecule has 0 aliphatic heterocycles. The highest BCUT2D eigenvalue weighted by Gasteiger charge is 2.22. The molecule has 0 saturated carbocycles. The van der Waals surface area contributed by atoms with Crippen molar-refractivity contribution in [2.45, 2.75) is 45.8 Å². The molecule has 0 bridgehead atoms. The van der Waals surface area contributed by atoms with Gasteiger partial charge in [-0.3, -0.25) is 4.79 Å². The third kappa shape index (κ3) is 5.30. The van der Waals surface area contributed by atoms with Gasteiger partial charge >= 0.3 is 5.97 Å². The SMILES string of the molecule is Cc1ccsc1C(=O)NC(CCOC(C)(C)C)C(=O)O. The number of carbonyl (C=O) groups is 2. The summed E-state index contributed by atoms with van der Waals surface area (Å²) in [6.07, 6.45) is 0.239. The maximum absolute atomic E-state index is 12.0. The number of carboxylic acids is 1. The largest absolute Gasteiger partial charge is 0.480 e. The highest BCUT2D eigenvalue weighted by Crippen LogP contribution is 2.15. The van der Waals surface area contributed by atoms with Gasteiger partial charge in [-0.25, -0.2) is 4.79 Å². The van der Waals surface area contributed by atoms with Gasteiger partial charge in [-0.15, -0.1) is 11.3 Å². The van der Waals surface area contributed by atoms with Crippen LogP contribution in [0.25, 0.3) is 0 Å². The van der Waals surface area contributed by atoms with E-state index in [0.29, 0.717) is 4.88 Å². The Morgan fingerprint density at radius 3 is 2.55 bits per heavy atom. The monoisotopic (exact) mass is 299 g/mol. The zero-order valence-electron chi connectivity index (χ0n) is 12.2. The topological polar surface area (TPSA) is 75.6 Å². The van der Waals surface area contributed by atoms with Crippen LogP contribution in [0.4, 0.5) is 0 Å². The van der Waals surface area contributed by atoms with Gasteiger partial charge in [-0.05, 0) is 44.7 Å². The minimum atomic E-state index is -1.05. The van der Waals surface area contributed by atoms with Crippen LogP contribution in [0.1, 0.15) is 42.4 Å². The van der Waals surface area contributed by atoms with E-state index in [1.165, 1.54) is 11.3 Å². The zero-order chi connectivity index (χ0) is 15.3. The van der Waals surface area contributed by atoms with Crippen molar-refractivity contribution in [2.75, 3.05) is 6.61 Å². The molecule has 1 amide bonds. The van der Waals surface area contributed by atoms with Gasteiger partial charge in [-0.1, -0.05) is 0 Å². The number of nitrogens with one attached hydrogen (secondary N) is 1. The van der Waals surface area contributed by atoms with Crippen LogP contribution in [-0.4, -0.2) is 35.2 Å². The molecule has 2 N–H and O–H groups in total. The molecule has 1 atom stereocenters. The molecular weight excluding hydrogens is 278 g/mol. The summed E-state index contributed by atoms with van der Waals surface area (Å²) in [6.45, 7) is 7.80. The number of carboxylic acid groups (broad SMARTS) is 1. The summed E-state index contributed by atoms with van der Waals surface area (Å²) in [7, 11) is 0. The fourth-order valence-electron chi connectivity index (χ4n) is 1.57. The van der Waals surface area contributed by atoms with Crippen LogP contribution < -0.4 is 5.32 Å². The molecule has 6 heteroatoms.